The van der Waals surface area contributed by atoms with Gasteiger partial charge in [-0.2, -0.15) is 0 Å². The molecule has 0 aliphatic rings. The number of methoxy groups -OCH3 is 2. The number of ether oxygens (including phenoxy) is 2. The molecule has 0 saturated carbocycles. The third-order valence-corrected chi connectivity index (χ3v) is 3.17. The molecule has 1 radical (unpaired) electrons. The number of pyridine rings is 2. The molecule has 0 atom stereocenters. The first-order chi connectivity index (χ1) is 10.1. The number of hydrogen-bond donors (Lipinski definition) is 0. The largest absolute Gasteiger partial charge is 0.658 e. The summed E-state index contributed by atoms with van der Waals surface area (Å²) in [7, 11) is 4.16. The molecule has 0 aromatic carbocycles. The highest BCUT2D eigenvalue weighted by atomic mass is 79.9. The summed E-state index contributed by atoms with van der Waals surface area (Å²) in [5, 5.41) is 0. The molecule has 0 saturated heterocycles. The predicted octanol–water partition coefficient (Wildman–Crippen LogP) is 3.01. The van der Waals surface area contributed by atoms with Crippen LogP contribution in [-0.4, -0.2) is 31.9 Å². The van der Waals surface area contributed by atoms with Gasteiger partial charge >= 0.3 is 7.69 Å². The second-order valence-corrected chi connectivity index (χ2v) is 5.49. The van der Waals surface area contributed by atoms with Crippen LogP contribution in [0, 0.1) is 0 Å². The van der Waals surface area contributed by atoms with Crippen molar-refractivity contribution >= 4 is 39.5 Å². The van der Waals surface area contributed by atoms with E-state index in [-0.39, 0.29) is 0 Å². The molecule has 2 heterocycles. The Kier molecular flexibility index (Phi) is 5.69. The van der Waals surface area contributed by atoms with E-state index in [1.165, 1.54) is 14.2 Å². The molecule has 2 aromatic rings. The SMILES string of the molecule is COc1ncc(Br)cc1O[B]Oc1cc(Br)cnc1OC. The Labute approximate surface area is 139 Å². The lowest BCUT2D eigenvalue weighted by molar-refractivity contribution is 0.355. The van der Waals surface area contributed by atoms with E-state index in [0.29, 0.717) is 23.3 Å². The molecular formula is C12H10BBr2N2O4. The molecule has 6 nitrogen and oxygen atoms in total. The van der Waals surface area contributed by atoms with Gasteiger partial charge in [0.1, 0.15) is 0 Å². The minimum Gasteiger partial charge on any atom is -0.522 e. The van der Waals surface area contributed by atoms with Crippen LogP contribution in [0.25, 0.3) is 0 Å². The van der Waals surface area contributed by atoms with E-state index in [1.807, 2.05) is 0 Å². The average molecular weight is 417 g/mol. The Morgan fingerprint density at radius 2 is 1.29 bits per heavy atom. The van der Waals surface area contributed by atoms with E-state index >= 15 is 0 Å². The molecule has 0 bridgehead atoms. The Morgan fingerprint density at radius 1 is 0.857 bits per heavy atom. The van der Waals surface area contributed by atoms with Gasteiger partial charge in [0.2, 0.25) is 0 Å². The Bertz CT molecular complexity index is 577. The summed E-state index contributed by atoms with van der Waals surface area (Å²) in [6.07, 6.45) is 3.21. The molecule has 2 aromatic heterocycles. The van der Waals surface area contributed by atoms with Crippen LogP contribution in [0.4, 0.5) is 0 Å². The van der Waals surface area contributed by atoms with Gasteiger partial charge in [-0.1, -0.05) is 0 Å². The average Bonchev–Trinajstić information content (AvgIpc) is 2.48. The molecule has 0 N–H and O–H groups in total. The van der Waals surface area contributed by atoms with Crippen molar-refractivity contribution in [2.45, 2.75) is 0 Å². The van der Waals surface area contributed by atoms with Crippen LogP contribution in [0.15, 0.2) is 33.5 Å². The second-order valence-electron chi connectivity index (χ2n) is 3.65. The van der Waals surface area contributed by atoms with Crippen LogP contribution in [0.2, 0.25) is 0 Å². The highest BCUT2D eigenvalue weighted by Gasteiger charge is 2.12. The van der Waals surface area contributed by atoms with Crippen molar-refractivity contribution in [1.29, 1.82) is 0 Å². The van der Waals surface area contributed by atoms with Crippen molar-refractivity contribution in [2.75, 3.05) is 14.2 Å². The van der Waals surface area contributed by atoms with Crippen molar-refractivity contribution in [2.24, 2.45) is 0 Å². The van der Waals surface area contributed by atoms with E-state index in [9.17, 15) is 0 Å². The molecule has 0 spiro atoms. The van der Waals surface area contributed by atoms with Gasteiger partial charge in [0.15, 0.2) is 11.5 Å². The summed E-state index contributed by atoms with van der Waals surface area (Å²) < 4.78 is 22.5. The molecule has 21 heavy (non-hydrogen) atoms. The summed E-state index contributed by atoms with van der Waals surface area (Å²) in [6.45, 7) is 0. The van der Waals surface area contributed by atoms with E-state index < -0.39 is 0 Å². The lowest BCUT2D eigenvalue weighted by Gasteiger charge is -2.11. The fourth-order valence-electron chi connectivity index (χ4n) is 1.42. The minimum atomic E-state index is 0.345. The maximum atomic E-state index is 5.39. The van der Waals surface area contributed by atoms with Gasteiger partial charge in [-0.3, -0.25) is 0 Å². The number of halogens is 2. The zero-order chi connectivity index (χ0) is 15.2. The first-order valence-electron chi connectivity index (χ1n) is 5.68. The van der Waals surface area contributed by atoms with Crippen molar-refractivity contribution in [1.82, 2.24) is 9.97 Å². The zero-order valence-electron chi connectivity index (χ0n) is 11.2. The topological polar surface area (TPSA) is 62.7 Å². The van der Waals surface area contributed by atoms with Crippen molar-refractivity contribution < 1.29 is 18.8 Å². The molecular weight excluding hydrogens is 407 g/mol. The molecule has 0 amide bonds. The zero-order valence-corrected chi connectivity index (χ0v) is 14.3. The van der Waals surface area contributed by atoms with Gasteiger partial charge in [0, 0.05) is 21.3 Å². The Balaban J connectivity index is 2.05. The standard InChI is InChI=1S/C12H10BBr2N2O4/c1-18-11-9(3-7(14)5-16-11)20-13-21-10-4-8(15)6-17-12(10)19-2/h3-6H,1-2H3. The summed E-state index contributed by atoms with van der Waals surface area (Å²) in [6, 6.07) is 3.42. The first kappa shape index (κ1) is 15.9. The molecule has 0 fully saturated rings. The van der Waals surface area contributed by atoms with E-state index in [0.717, 1.165) is 16.6 Å². The number of hydrogen-bond acceptors (Lipinski definition) is 6. The van der Waals surface area contributed by atoms with Crippen LogP contribution >= 0.6 is 31.9 Å². The van der Waals surface area contributed by atoms with Gasteiger partial charge in [-0.25, -0.2) is 9.97 Å². The predicted molar refractivity (Wildman–Crippen MR) is 84.0 cm³/mol. The fraction of sp³-hybridized carbons (Fsp3) is 0.167. The van der Waals surface area contributed by atoms with Crippen molar-refractivity contribution in [3.63, 3.8) is 0 Å². The molecule has 2 rings (SSSR count). The van der Waals surface area contributed by atoms with Gasteiger partial charge in [0.25, 0.3) is 11.8 Å². The third-order valence-electron chi connectivity index (χ3n) is 2.31. The lowest BCUT2D eigenvalue weighted by atomic mass is 10.3. The van der Waals surface area contributed by atoms with Crippen LogP contribution < -0.4 is 18.8 Å². The normalized spacial score (nSPS) is 9.90. The number of rotatable bonds is 6. The Hall–Kier alpha value is -1.48. The van der Waals surface area contributed by atoms with Gasteiger partial charge in [-0.15, -0.1) is 0 Å². The maximum absolute atomic E-state index is 5.39. The van der Waals surface area contributed by atoms with E-state index in [1.54, 1.807) is 24.5 Å². The van der Waals surface area contributed by atoms with Crippen LogP contribution in [0.3, 0.4) is 0 Å². The molecule has 0 aliphatic carbocycles. The van der Waals surface area contributed by atoms with Crippen LogP contribution in [0.1, 0.15) is 0 Å². The smallest absolute Gasteiger partial charge is 0.522 e. The number of nitrogens with zero attached hydrogens (tertiary/aromatic N) is 2. The molecule has 9 heteroatoms. The van der Waals surface area contributed by atoms with Crippen LogP contribution in [0.5, 0.6) is 23.3 Å². The highest BCUT2D eigenvalue weighted by Crippen LogP contribution is 2.29. The third kappa shape index (κ3) is 4.24. The van der Waals surface area contributed by atoms with Crippen molar-refractivity contribution in [3.05, 3.63) is 33.5 Å². The maximum Gasteiger partial charge on any atom is 0.658 e. The van der Waals surface area contributed by atoms with E-state index in [4.69, 9.17) is 18.8 Å². The minimum absolute atomic E-state index is 0.345. The monoisotopic (exact) mass is 415 g/mol. The van der Waals surface area contributed by atoms with Gasteiger partial charge in [0.05, 0.1) is 14.2 Å². The van der Waals surface area contributed by atoms with E-state index in [2.05, 4.69) is 41.8 Å². The second kappa shape index (κ2) is 7.51. The van der Waals surface area contributed by atoms with Crippen LogP contribution in [-0.2, 0) is 0 Å². The van der Waals surface area contributed by atoms with Crippen molar-refractivity contribution in [3.8, 4) is 23.3 Å². The molecule has 109 valence electrons. The fourth-order valence-corrected chi connectivity index (χ4v) is 2.04. The van der Waals surface area contributed by atoms with Gasteiger partial charge in [-0.05, 0) is 44.0 Å². The molecule has 0 unspecified atom stereocenters. The Morgan fingerprint density at radius 3 is 1.67 bits per heavy atom. The molecule has 0 aliphatic heterocycles. The number of aromatic nitrogens is 2. The summed E-state index contributed by atoms with van der Waals surface area (Å²) in [4.78, 5) is 8.11. The highest BCUT2D eigenvalue weighted by molar-refractivity contribution is 9.10. The van der Waals surface area contributed by atoms with Gasteiger partial charge < -0.3 is 18.8 Å². The first-order valence-corrected chi connectivity index (χ1v) is 7.26. The lowest BCUT2D eigenvalue weighted by Crippen LogP contribution is -2.12. The summed E-state index contributed by atoms with van der Waals surface area (Å²) >= 11 is 6.61. The quantitative estimate of drug-likeness (QED) is 0.674. The summed E-state index contributed by atoms with van der Waals surface area (Å²) in [5.41, 5.74) is 0. The summed E-state index contributed by atoms with van der Waals surface area (Å²) in [5.74, 6) is 1.51.